The average Bonchev–Trinajstić information content (AvgIpc) is 2.35. The minimum absolute atomic E-state index is 0.0265. The second-order valence-electron chi connectivity index (χ2n) is 4.42. The number of aliphatic hydroxyl groups excluding tert-OH is 1. The summed E-state index contributed by atoms with van der Waals surface area (Å²) in [5.74, 6) is 0.0448. The zero-order valence-electron chi connectivity index (χ0n) is 9.97. The number of amides is 1. The second kappa shape index (κ2) is 5.29. The van der Waals surface area contributed by atoms with Crippen molar-refractivity contribution >= 4 is 11.6 Å². The molecule has 0 radical (unpaired) electrons. The van der Waals surface area contributed by atoms with E-state index in [1.165, 1.54) is 0 Å². The molecule has 0 spiro atoms. The molecule has 1 aliphatic heterocycles. The lowest BCUT2D eigenvalue weighted by molar-refractivity contribution is -0.122. The fourth-order valence-corrected chi connectivity index (χ4v) is 2.20. The van der Waals surface area contributed by atoms with Crippen LogP contribution in [0.25, 0.3) is 0 Å². The fourth-order valence-electron chi connectivity index (χ4n) is 2.20. The van der Waals surface area contributed by atoms with Crippen molar-refractivity contribution in [3.05, 3.63) is 30.3 Å². The SMILES string of the molecule is CC1CN(c2ccccc2)C(=O)C(CCO)N1. The number of para-hydroxylation sites is 1. The number of aliphatic hydroxyl groups is 1. The Bertz CT molecular complexity index is 380. The van der Waals surface area contributed by atoms with Gasteiger partial charge in [0.25, 0.3) is 0 Å². The molecule has 4 heteroatoms. The van der Waals surface area contributed by atoms with Gasteiger partial charge >= 0.3 is 0 Å². The Morgan fingerprint density at radius 3 is 2.76 bits per heavy atom. The first-order valence-corrected chi connectivity index (χ1v) is 5.95. The number of hydrogen-bond acceptors (Lipinski definition) is 3. The van der Waals surface area contributed by atoms with E-state index in [0.29, 0.717) is 13.0 Å². The molecule has 0 bridgehead atoms. The first-order chi connectivity index (χ1) is 8.22. The van der Waals surface area contributed by atoms with E-state index >= 15 is 0 Å². The maximum absolute atomic E-state index is 12.2. The molecule has 92 valence electrons. The van der Waals surface area contributed by atoms with E-state index in [4.69, 9.17) is 5.11 Å². The van der Waals surface area contributed by atoms with E-state index in [9.17, 15) is 4.79 Å². The highest BCUT2D eigenvalue weighted by molar-refractivity contribution is 5.98. The van der Waals surface area contributed by atoms with Crippen LogP contribution in [0.2, 0.25) is 0 Å². The summed E-state index contributed by atoms with van der Waals surface area (Å²) in [7, 11) is 0. The van der Waals surface area contributed by atoms with Crippen LogP contribution >= 0.6 is 0 Å². The highest BCUT2D eigenvalue weighted by atomic mass is 16.3. The van der Waals surface area contributed by atoms with E-state index in [-0.39, 0.29) is 24.6 Å². The van der Waals surface area contributed by atoms with Crippen molar-refractivity contribution < 1.29 is 9.90 Å². The van der Waals surface area contributed by atoms with Gasteiger partial charge in [-0.1, -0.05) is 18.2 Å². The molecule has 1 amide bonds. The van der Waals surface area contributed by atoms with Gasteiger partial charge in [0.05, 0.1) is 6.04 Å². The van der Waals surface area contributed by atoms with Gasteiger partial charge in [-0.2, -0.15) is 0 Å². The number of hydrogen-bond donors (Lipinski definition) is 2. The molecule has 2 rings (SSSR count). The van der Waals surface area contributed by atoms with E-state index in [2.05, 4.69) is 5.32 Å². The molecular weight excluding hydrogens is 216 g/mol. The van der Waals surface area contributed by atoms with Crippen LogP contribution in [0.15, 0.2) is 30.3 Å². The summed E-state index contributed by atoms with van der Waals surface area (Å²) in [5, 5.41) is 12.2. The van der Waals surface area contributed by atoms with Crippen LogP contribution in [0, 0.1) is 0 Å². The van der Waals surface area contributed by atoms with Crippen molar-refractivity contribution in [2.75, 3.05) is 18.1 Å². The van der Waals surface area contributed by atoms with Crippen molar-refractivity contribution in [2.24, 2.45) is 0 Å². The van der Waals surface area contributed by atoms with E-state index in [1.54, 1.807) is 4.90 Å². The average molecular weight is 234 g/mol. The van der Waals surface area contributed by atoms with E-state index in [0.717, 1.165) is 5.69 Å². The summed E-state index contributed by atoms with van der Waals surface area (Å²) in [6, 6.07) is 9.63. The molecule has 2 N–H and O–H groups in total. The number of nitrogens with one attached hydrogen (secondary N) is 1. The van der Waals surface area contributed by atoms with Crippen LogP contribution in [0.3, 0.4) is 0 Å². The number of nitrogens with zero attached hydrogens (tertiary/aromatic N) is 1. The van der Waals surface area contributed by atoms with E-state index < -0.39 is 0 Å². The van der Waals surface area contributed by atoms with Crippen LogP contribution in [-0.2, 0) is 4.79 Å². The third kappa shape index (κ3) is 2.65. The Hall–Kier alpha value is -1.39. The smallest absolute Gasteiger partial charge is 0.244 e. The molecular formula is C13H18N2O2. The second-order valence-corrected chi connectivity index (χ2v) is 4.42. The van der Waals surface area contributed by atoms with Crippen molar-refractivity contribution in [1.82, 2.24) is 5.32 Å². The van der Waals surface area contributed by atoms with Gasteiger partial charge in [0.15, 0.2) is 0 Å². The topological polar surface area (TPSA) is 52.6 Å². The molecule has 0 aliphatic carbocycles. The molecule has 1 aliphatic rings. The number of carbonyl (C=O) groups excluding carboxylic acids is 1. The lowest BCUT2D eigenvalue weighted by Crippen LogP contribution is -2.59. The third-order valence-electron chi connectivity index (χ3n) is 2.99. The summed E-state index contributed by atoms with van der Waals surface area (Å²) >= 11 is 0. The minimum Gasteiger partial charge on any atom is -0.396 e. The van der Waals surface area contributed by atoms with Crippen LogP contribution in [0.5, 0.6) is 0 Å². The van der Waals surface area contributed by atoms with Gasteiger partial charge in [-0.25, -0.2) is 0 Å². The normalized spacial score (nSPS) is 25.1. The maximum Gasteiger partial charge on any atom is 0.244 e. The van der Waals surface area contributed by atoms with E-state index in [1.807, 2.05) is 37.3 Å². The molecule has 4 nitrogen and oxygen atoms in total. The van der Waals surface area contributed by atoms with Gasteiger partial charge < -0.3 is 15.3 Å². The molecule has 2 atom stereocenters. The zero-order valence-corrected chi connectivity index (χ0v) is 9.97. The summed E-state index contributed by atoms with van der Waals surface area (Å²) in [6.45, 7) is 2.75. The lowest BCUT2D eigenvalue weighted by atomic mass is 10.1. The van der Waals surface area contributed by atoms with Crippen LogP contribution in [-0.4, -0.2) is 36.2 Å². The number of carbonyl (C=O) groups is 1. The molecule has 0 aromatic heterocycles. The van der Waals surface area contributed by atoms with Gasteiger partial charge in [-0.3, -0.25) is 4.79 Å². The first-order valence-electron chi connectivity index (χ1n) is 5.95. The summed E-state index contributed by atoms with van der Waals surface area (Å²) < 4.78 is 0. The number of piperazine rings is 1. The summed E-state index contributed by atoms with van der Waals surface area (Å²) in [5.41, 5.74) is 0.925. The van der Waals surface area contributed by atoms with Crippen LogP contribution in [0.1, 0.15) is 13.3 Å². The Morgan fingerprint density at radius 1 is 1.41 bits per heavy atom. The fraction of sp³-hybridized carbons (Fsp3) is 0.462. The predicted octanol–water partition coefficient (Wildman–Crippen LogP) is 0.762. The molecule has 1 aromatic rings. The van der Waals surface area contributed by atoms with Gasteiger partial charge in [0.2, 0.25) is 5.91 Å². The lowest BCUT2D eigenvalue weighted by Gasteiger charge is -2.37. The molecule has 2 unspecified atom stereocenters. The predicted molar refractivity (Wildman–Crippen MR) is 66.9 cm³/mol. The van der Waals surface area contributed by atoms with Gasteiger partial charge in [0, 0.05) is 24.9 Å². The van der Waals surface area contributed by atoms with Gasteiger partial charge in [0.1, 0.15) is 0 Å². The van der Waals surface area contributed by atoms with Crippen LogP contribution < -0.4 is 10.2 Å². The number of anilines is 1. The zero-order chi connectivity index (χ0) is 12.3. The van der Waals surface area contributed by atoms with Crippen LogP contribution in [0.4, 0.5) is 5.69 Å². The Morgan fingerprint density at radius 2 is 2.12 bits per heavy atom. The molecule has 0 saturated carbocycles. The van der Waals surface area contributed by atoms with Crippen molar-refractivity contribution in [2.45, 2.75) is 25.4 Å². The number of benzene rings is 1. The van der Waals surface area contributed by atoms with Gasteiger partial charge in [-0.15, -0.1) is 0 Å². The first kappa shape index (κ1) is 12.1. The Balaban J connectivity index is 2.19. The Kier molecular flexibility index (Phi) is 3.76. The standard InChI is InChI=1S/C13H18N2O2/c1-10-9-15(11-5-3-2-4-6-11)13(17)12(14-10)7-8-16/h2-6,10,12,14,16H,7-9H2,1H3. The van der Waals surface area contributed by atoms with Crippen molar-refractivity contribution in [3.63, 3.8) is 0 Å². The molecule has 17 heavy (non-hydrogen) atoms. The Labute approximate surface area is 101 Å². The highest BCUT2D eigenvalue weighted by Crippen LogP contribution is 2.19. The number of rotatable bonds is 3. The third-order valence-corrected chi connectivity index (χ3v) is 2.99. The summed E-state index contributed by atoms with van der Waals surface area (Å²) in [6.07, 6.45) is 0.465. The monoisotopic (exact) mass is 234 g/mol. The summed E-state index contributed by atoms with van der Waals surface area (Å²) in [4.78, 5) is 14.0. The minimum atomic E-state index is -0.274. The molecule has 1 saturated heterocycles. The largest absolute Gasteiger partial charge is 0.396 e. The molecule has 1 heterocycles. The van der Waals surface area contributed by atoms with Crippen molar-refractivity contribution in [3.8, 4) is 0 Å². The highest BCUT2D eigenvalue weighted by Gasteiger charge is 2.31. The van der Waals surface area contributed by atoms with Gasteiger partial charge in [-0.05, 0) is 25.5 Å². The maximum atomic E-state index is 12.2. The molecule has 1 aromatic carbocycles. The quantitative estimate of drug-likeness (QED) is 0.812. The molecule has 1 fully saturated rings. The van der Waals surface area contributed by atoms with Crippen molar-refractivity contribution in [1.29, 1.82) is 0 Å².